The first-order valence-corrected chi connectivity index (χ1v) is 6.09. The highest BCUT2D eigenvalue weighted by molar-refractivity contribution is 14.1. The Kier molecular flexibility index (Phi) is 4.31. The third kappa shape index (κ3) is 3.02. The van der Waals surface area contributed by atoms with Crippen LogP contribution in [0.25, 0.3) is 0 Å². The van der Waals surface area contributed by atoms with E-state index in [2.05, 4.69) is 6.92 Å². The molecule has 0 unspecified atom stereocenters. The summed E-state index contributed by atoms with van der Waals surface area (Å²) in [6.45, 7) is 2.09. The second-order valence-corrected chi connectivity index (χ2v) is 4.95. The van der Waals surface area contributed by atoms with Crippen molar-refractivity contribution in [2.45, 2.75) is 18.2 Å². The van der Waals surface area contributed by atoms with Crippen LogP contribution in [0.15, 0.2) is 17.0 Å². The van der Waals surface area contributed by atoms with Gasteiger partial charge in [0.25, 0.3) is 0 Å². The first kappa shape index (κ1) is 11.1. The molecule has 0 amide bonds. The number of rotatable bonds is 3. The van der Waals surface area contributed by atoms with E-state index in [1.165, 1.54) is 6.07 Å². The molecule has 0 atom stereocenters. The van der Waals surface area contributed by atoms with E-state index in [0.29, 0.717) is 9.26 Å². The number of nitrogen functional groups attached to an aromatic ring is 1. The van der Waals surface area contributed by atoms with E-state index in [1.807, 2.05) is 22.6 Å². The maximum Gasteiger partial charge on any atom is 0.137 e. The van der Waals surface area contributed by atoms with Gasteiger partial charge < -0.3 is 5.73 Å². The van der Waals surface area contributed by atoms with Gasteiger partial charge in [0, 0.05) is 10.6 Å². The predicted octanol–water partition coefficient (Wildman–Crippen LogP) is 3.51. The zero-order chi connectivity index (χ0) is 9.84. The standard InChI is InChI=1S/C9H11FINS/c1-2-3-13-9-4-6(10)7(11)5-8(9)12/h4-5H,2-3,12H2,1H3. The summed E-state index contributed by atoms with van der Waals surface area (Å²) in [5, 5.41) is 0. The average molecular weight is 311 g/mol. The summed E-state index contributed by atoms with van der Waals surface area (Å²) >= 11 is 3.54. The monoisotopic (exact) mass is 311 g/mol. The zero-order valence-electron chi connectivity index (χ0n) is 7.31. The van der Waals surface area contributed by atoms with Crippen LogP contribution in [0, 0.1) is 9.39 Å². The molecule has 72 valence electrons. The summed E-state index contributed by atoms with van der Waals surface area (Å²) in [7, 11) is 0. The summed E-state index contributed by atoms with van der Waals surface area (Å²) < 4.78 is 13.7. The van der Waals surface area contributed by atoms with Crippen LogP contribution in [0.3, 0.4) is 0 Å². The molecule has 0 heterocycles. The highest BCUT2D eigenvalue weighted by Gasteiger charge is 2.05. The van der Waals surface area contributed by atoms with Crippen LogP contribution in [-0.4, -0.2) is 5.75 Å². The van der Waals surface area contributed by atoms with Crippen molar-refractivity contribution in [1.29, 1.82) is 0 Å². The largest absolute Gasteiger partial charge is 0.398 e. The molecule has 4 heteroatoms. The molecule has 13 heavy (non-hydrogen) atoms. The van der Waals surface area contributed by atoms with E-state index in [9.17, 15) is 4.39 Å². The number of nitrogens with two attached hydrogens (primary N) is 1. The van der Waals surface area contributed by atoms with Crippen LogP contribution >= 0.6 is 34.4 Å². The lowest BCUT2D eigenvalue weighted by atomic mass is 10.3. The molecule has 0 aliphatic rings. The number of hydrogen-bond donors (Lipinski definition) is 1. The van der Waals surface area contributed by atoms with E-state index in [0.717, 1.165) is 17.1 Å². The molecule has 2 N–H and O–H groups in total. The Hall–Kier alpha value is 0.0300. The Morgan fingerprint density at radius 3 is 2.85 bits per heavy atom. The summed E-state index contributed by atoms with van der Waals surface area (Å²) in [6, 6.07) is 3.19. The van der Waals surface area contributed by atoms with Gasteiger partial charge in [-0.15, -0.1) is 11.8 Å². The maximum absolute atomic E-state index is 13.1. The molecular weight excluding hydrogens is 300 g/mol. The van der Waals surface area contributed by atoms with Gasteiger partial charge in [-0.2, -0.15) is 0 Å². The Bertz CT molecular complexity index is 304. The minimum absolute atomic E-state index is 0.187. The predicted molar refractivity (Wildman–Crippen MR) is 64.5 cm³/mol. The Morgan fingerprint density at radius 2 is 2.23 bits per heavy atom. The molecule has 1 rings (SSSR count). The topological polar surface area (TPSA) is 26.0 Å². The number of hydrogen-bond acceptors (Lipinski definition) is 2. The second kappa shape index (κ2) is 5.05. The molecule has 0 aromatic heterocycles. The first-order chi connectivity index (χ1) is 6.15. The van der Waals surface area contributed by atoms with Gasteiger partial charge in [-0.25, -0.2) is 4.39 Å². The SMILES string of the molecule is CCCSc1cc(F)c(I)cc1N. The van der Waals surface area contributed by atoms with Crippen LogP contribution in [0.4, 0.5) is 10.1 Å². The van der Waals surface area contributed by atoms with Gasteiger partial charge >= 0.3 is 0 Å². The first-order valence-electron chi connectivity index (χ1n) is 4.02. The Balaban J connectivity index is 2.88. The minimum atomic E-state index is -0.187. The van der Waals surface area contributed by atoms with Gasteiger partial charge in [-0.1, -0.05) is 6.92 Å². The van der Waals surface area contributed by atoms with Gasteiger partial charge in [-0.05, 0) is 46.9 Å². The maximum atomic E-state index is 13.1. The molecule has 1 nitrogen and oxygen atoms in total. The highest BCUT2D eigenvalue weighted by Crippen LogP contribution is 2.28. The molecule has 0 spiro atoms. The van der Waals surface area contributed by atoms with Gasteiger partial charge in [0.15, 0.2) is 0 Å². The lowest BCUT2D eigenvalue weighted by Gasteiger charge is -2.05. The fourth-order valence-electron chi connectivity index (χ4n) is 0.881. The lowest BCUT2D eigenvalue weighted by molar-refractivity contribution is 0.617. The summed E-state index contributed by atoms with van der Waals surface area (Å²) in [5.41, 5.74) is 6.41. The Morgan fingerprint density at radius 1 is 1.54 bits per heavy atom. The van der Waals surface area contributed by atoms with Crippen molar-refractivity contribution in [2.24, 2.45) is 0 Å². The van der Waals surface area contributed by atoms with Crippen LogP contribution in [0.5, 0.6) is 0 Å². The van der Waals surface area contributed by atoms with Gasteiger partial charge in [-0.3, -0.25) is 0 Å². The fraction of sp³-hybridized carbons (Fsp3) is 0.333. The third-order valence-electron chi connectivity index (χ3n) is 1.51. The van der Waals surface area contributed by atoms with Crippen molar-refractivity contribution in [3.8, 4) is 0 Å². The number of thioether (sulfide) groups is 1. The quantitative estimate of drug-likeness (QED) is 0.525. The van der Waals surface area contributed by atoms with E-state index < -0.39 is 0 Å². The molecule has 0 bridgehead atoms. The van der Waals surface area contributed by atoms with E-state index in [1.54, 1.807) is 17.8 Å². The van der Waals surface area contributed by atoms with E-state index in [-0.39, 0.29) is 5.82 Å². The Labute approximate surface area is 95.4 Å². The molecule has 0 saturated heterocycles. The van der Waals surface area contributed by atoms with Crippen molar-refractivity contribution in [3.05, 3.63) is 21.5 Å². The highest BCUT2D eigenvalue weighted by atomic mass is 127. The van der Waals surface area contributed by atoms with Gasteiger partial charge in [0.1, 0.15) is 5.82 Å². The normalized spacial score (nSPS) is 10.4. The molecule has 1 aromatic rings. The average Bonchev–Trinajstić information content (AvgIpc) is 2.09. The molecular formula is C9H11FINS. The molecule has 0 aliphatic heterocycles. The lowest BCUT2D eigenvalue weighted by Crippen LogP contribution is -1.93. The molecule has 0 aliphatic carbocycles. The number of anilines is 1. The van der Waals surface area contributed by atoms with E-state index in [4.69, 9.17) is 5.73 Å². The van der Waals surface area contributed by atoms with Crippen molar-refractivity contribution < 1.29 is 4.39 Å². The van der Waals surface area contributed by atoms with Crippen LogP contribution in [0.1, 0.15) is 13.3 Å². The van der Waals surface area contributed by atoms with Crippen molar-refractivity contribution >= 4 is 40.0 Å². The number of benzene rings is 1. The van der Waals surface area contributed by atoms with Crippen molar-refractivity contribution in [1.82, 2.24) is 0 Å². The third-order valence-corrected chi connectivity index (χ3v) is 3.62. The molecule has 0 fully saturated rings. The van der Waals surface area contributed by atoms with Gasteiger partial charge in [0.2, 0.25) is 0 Å². The van der Waals surface area contributed by atoms with Crippen molar-refractivity contribution in [2.75, 3.05) is 11.5 Å². The van der Waals surface area contributed by atoms with Crippen molar-refractivity contribution in [3.63, 3.8) is 0 Å². The summed E-state index contributed by atoms with van der Waals surface area (Å²) in [5.74, 6) is 0.790. The summed E-state index contributed by atoms with van der Waals surface area (Å²) in [4.78, 5) is 0.847. The molecule has 0 radical (unpaired) electrons. The van der Waals surface area contributed by atoms with Crippen LogP contribution in [-0.2, 0) is 0 Å². The van der Waals surface area contributed by atoms with Crippen LogP contribution < -0.4 is 5.73 Å². The van der Waals surface area contributed by atoms with Crippen LogP contribution in [0.2, 0.25) is 0 Å². The summed E-state index contributed by atoms with van der Waals surface area (Å²) in [6.07, 6.45) is 1.07. The van der Waals surface area contributed by atoms with Gasteiger partial charge in [0.05, 0.1) is 3.57 Å². The molecule has 0 saturated carbocycles. The smallest absolute Gasteiger partial charge is 0.137 e. The molecule has 1 aromatic carbocycles. The number of halogens is 2. The fourth-order valence-corrected chi connectivity index (χ4v) is 2.21. The minimum Gasteiger partial charge on any atom is -0.398 e. The zero-order valence-corrected chi connectivity index (χ0v) is 10.3. The van der Waals surface area contributed by atoms with E-state index >= 15 is 0 Å². The second-order valence-electron chi connectivity index (χ2n) is 2.65.